The van der Waals surface area contributed by atoms with Crippen LogP contribution < -0.4 is 0 Å². The van der Waals surface area contributed by atoms with E-state index < -0.39 is 5.97 Å². The largest absolute Gasteiger partial charge is 0.481 e. The van der Waals surface area contributed by atoms with E-state index in [-0.39, 0.29) is 5.75 Å². The molecule has 0 radical (unpaired) electrons. The Hall–Kier alpha value is -1.55. The highest BCUT2D eigenvalue weighted by atomic mass is 32.2. The summed E-state index contributed by atoms with van der Waals surface area (Å²) in [5, 5.41) is 8.44. The van der Waals surface area contributed by atoms with Crippen molar-refractivity contribution in [2.75, 3.05) is 5.75 Å². The number of allylic oxidation sites excluding steroid dienone is 1. The molecule has 0 aliphatic carbocycles. The minimum absolute atomic E-state index is 0.0135. The van der Waals surface area contributed by atoms with Gasteiger partial charge in [0.05, 0.1) is 11.4 Å². The third-order valence-corrected chi connectivity index (χ3v) is 2.36. The van der Waals surface area contributed by atoms with Crippen molar-refractivity contribution >= 4 is 29.6 Å². The smallest absolute Gasteiger partial charge is 0.313 e. The second kappa shape index (κ2) is 6.03. The first-order chi connectivity index (χ1) is 7.18. The number of carboxylic acid groups (broad SMARTS) is 1. The van der Waals surface area contributed by atoms with Gasteiger partial charge in [0.2, 0.25) is 0 Å². The molecule has 0 unspecified atom stereocenters. The monoisotopic (exact) mass is 221 g/mol. The van der Waals surface area contributed by atoms with E-state index in [2.05, 4.69) is 11.6 Å². The number of carboxylic acids is 1. The van der Waals surface area contributed by atoms with Crippen molar-refractivity contribution in [2.24, 2.45) is 4.99 Å². The number of hydrogen-bond donors (Lipinski definition) is 1. The first kappa shape index (κ1) is 11.5. The highest BCUT2D eigenvalue weighted by Crippen LogP contribution is 2.14. The van der Waals surface area contributed by atoms with Gasteiger partial charge in [-0.05, 0) is 12.1 Å². The van der Waals surface area contributed by atoms with E-state index in [1.165, 1.54) is 0 Å². The van der Waals surface area contributed by atoms with Crippen LogP contribution >= 0.6 is 11.8 Å². The van der Waals surface area contributed by atoms with E-state index in [1.54, 1.807) is 6.21 Å². The Morgan fingerprint density at radius 2 is 2.13 bits per heavy atom. The highest BCUT2D eigenvalue weighted by molar-refractivity contribution is 8.04. The van der Waals surface area contributed by atoms with Gasteiger partial charge in [0, 0.05) is 11.1 Å². The molecule has 78 valence electrons. The number of thioether (sulfide) groups is 1. The van der Waals surface area contributed by atoms with Gasteiger partial charge in [0.1, 0.15) is 0 Å². The molecule has 0 saturated heterocycles. The van der Waals surface area contributed by atoms with Gasteiger partial charge in [-0.1, -0.05) is 24.8 Å². The number of aliphatic carboxylic acids is 1. The van der Waals surface area contributed by atoms with E-state index in [1.807, 2.05) is 30.3 Å². The summed E-state index contributed by atoms with van der Waals surface area (Å²) < 4.78 is 0. The van der Waals surface area contributed by atoms with Crippen molar-refractivity contribution < 1.29 is 9.90 Å². The molecule has 0 aromatic heterocycles. The topological polar surface area (TPSA) is 49.7 Å². The summed E-state index contributed by atoms with van der Waals surface area (Å²) in [5.74, 6) is -0.839. The van der Waals surface area contributed by atoms with Crippen LogP contribution in [-0.4, -0.2) is 23.0 Å². The zero-order chi connectivity index (χ0) is 11.1. The number of nitrogens with zero attached hydrogens (tertiary/aromatic N) is 1. The van der Waals surface area contributed by atoms with Crippen molar-refractivity contribution in [1.29, 1.82) is 0 Å². The number of para-hydroxylation sites is 1. The van der Waals surface area contributed by atoms with Gasteiger partial charge < -0.3 is 5.11 Å². The van der Waals surface area contributed by atoms with Crippen LogP contribution in [0.4, 0.5) is 5.69 Å². The van der Waals surface area contributed by atoms with Gasteiger partial charge >= 0.3 is 5.97 Å². The molecule has 15 heavy (non-hydrogen) atoms. The minimum atomic E-state index is -0.853. The third-order valence-electron chi connectivity index (χ3n) is 1.49. The van der Waals surface area contributed by atoms with Gasteiger partial charge in [0.15, 0.2) is 0 Å². The lowest BCUT2D eigenvalue weighted by molar-refractivity contribution is -0.133. The molecule has 0 bridgehead atoms. The second-order valence-corrected chi connectivity index (χ2v) is 3.84. The molecule has 1 N–H and O–H groups in total. The summed E-state index contributed by atoms with van der Waals surface area (Å²) in [4.78, 5) is 15.1. The predicted molar refractivity (Wildman–Crippen MR) is 63.8 cm³/mol. The van der Waals surface area contributed by atoms with Crippen LogP contribution in [0.25, 0.3) is 0 Å². The first-order valence-electron chi connectivity index (χ1n) is 4.31. The molecule has 0 heterocycles. The van der Waals surface area contributed by atoms with Crippen molar-refractivity contribution in [2.45, 2.75) is 0 Å². The standard InChI is InChI=1S/C11H11NO2S/c1-9(15-8-11(13)14)7-12-10-5-3-2-4-6-10/h2-7H,1,8H2,(H,13,14). The number of carbonyl (C=O) groups is 1. The normalized spacial score (nSPS) is 10.4. The number of aliphatic imine (C=N–C) groups is 1. The summed E-state index contributed by atoms with van der Waals surface area (Å²) in [6.45, 7) is 3.69. The lowest BCUT2D eigenvalue weighted by Crippen LogP contribution is -1.97. The molecule has 4 heteroatoms. The number of hydrogen-bond acceptors (Lipinski definition) is 3. The van der Waals surface area contributed by atoms with Crippen LogP contribution in [0.3, 0.4) is 0 Å². The van der Waals surface area contributed by atoms with Crippen molar-refractivity contribution in [3.05, 3.63) is 41.8 Å². The SMILES string of the molecule is C=C(C=Nc1ccccc1)SCC(=O)O. The van der Waals surface area contributed by atoms with Crippen LogP contribution in [0, 0.1) is 0 Å². The maximum atomic E-state index is 10.3. The van der Waals surface area contributed by atoms with E-state index in [0.29, 0.717) is 4.91 Å². The lowest BCUT2D eigenvalue weighted by atomic mass is 10.3. The summed E-state index contributed by atoms with van der Waals surface area (Å²) in [7, 11) is 0. The van der Waals surface area contributed by atoms with Crippen LogP contribution in [0.15, 0.2) is 46.8 Å². The second-order valence-electron chi connectivity index (χ2n) is 2.74. The maximum absolute atomic E-state index is 10.3. The van der Waals surface area contributed by atoms with Gasteiger partial charge in [-0.3, -0.25) is 9.79 Å². The molecule has 0 aliphatic rings. The Labute approximate surface area is 92.5 Å². The Balaban J connectivity index is 2.44. The van der Waals surface area contributed by atoms with Crippen molar-refractivity contribution in [1.82, 2.24) is 0 Å². The van der Waals surface area contributed by atoms with Gasteiger partial charge in [0.25, 0.3) is 0 Å². The number of rotatable bonds is 5. The summed E-state index contributed by atoms with van der Waals surface area (Å²) >= 11 is 1.16. The molecule has 0 atom stereocenters. The predicted octanol–water partition coefficient (Wildman–Crippen LogP) is 2.72. The van der Waals surface area contributed by atoms with Crippen LogP contribution in [0.5, 0.6) is 0 Å². The molecule has 0 spiro atoms. The van der Waals surface area contributed by atoms with Gasteiger partial charge in [-0.15, -0.1) is 11.8 Å². The quantitative estimate of drug-likeness (QED) is 0.778. The van der Waals surface area contributed by atoms with Crippen molar-refractivity contribution in [3.63, 3.8) is 0 Å². The Morgan fingerprint density at radius 3 is 2.73 bits per heavy atom. The van der Waals surface area contributed by atoms with Crippen LogP contribution in [0.1, 0.15) is 0 Å². The first-order valence-corrected chi connectivity index (χ1v) is 5.29. The lowest BCUT2D eigenvalue weighted by Gasteiger charge is -1.95. The fourth-order valence-electron chi connectivity index (χ4n) is 0.852. The Bertz CT molecular complexity index is 373. The van der Waals surface area contributed by atoms with E-state index in [4.69, 9.17) is 5.11 Å². The summed E-state index contributed by atoms with van der Waals surface area (Å²) in [6, 6.07) is 9.42. The molecule has 1 aromatic rings. The molecular formula is C11H11NO2S. The average Bonchev–Trinajstić information content (AvgIpc) is 2.25. The van der Waals surface area contributed by atoms with E-state index in [0.717, 1.165) is 17.4 Å². The van der Waals surface area contributed by atoms with Gasteiger partial charge in [-0.25, -0.2) is 0 Å². The van der Waals surface area contributed by atoms with Crippen LogP contribution in [-0.2, 0) is 4.79 Å². The fraction of sp³-hybridized carbons (Fsp3) is 0.0909. The Morgan fingerprint density at radius 1 is 1.47 bits per heavy atom. The molecule has 0 amide bonds. The molecule has 0 saturated carbocycles. The molecule has 0 aliphatic heterocycles. The molecule has 0 fully saturated rings. The van der Waals surface area contributed by atoms with E-state index in [9.17, 15) is 4.79 Å². The zero-order valence-electron chi connectivity index (χ0n) is 8.09. The van der Waals surface area contributed by atoms with Crippen molar-refractivity contribution in [3.8, 4) is 0 Å². The average molecular weight is 221 g/mol. The molecular weight excluding hydrogens is 210 g/mol. The number of benzene rings is 1. The molecule has 1 aromatic carbocycles. The fourth-order valence-corrected chi connectivity index (χ4v) is 1.29. The molecule has 3 nitrogen and oxygen atoms in total. The Kier molecular flexibility index (Phi) is 4.63. The highest BCUT2D eigenvalue weighted by Gasteiger charge is 1.97. The minimum Gasteiger partial charge on any atom is -0.481 e. The van der Waals surface area contributed by atoms with E-state index >= 15 is 0 Å². The molecule has 1 rings (SSSR count). The summed E-state index contributed by atoms with van der Waals surface area (Å²) in [6.07, 6.45) is 1.57. The zero-order valence-corrected chi connectivity index (χ0v) is 8.91. The van der Waals surface area contributed by atoms with Crippen LogP contribution in [0.2, 0.25) is 0 Å². The van der Waals surface area contributed by atoms with Gasteiger partial charge in [-0.2, -0.15) is 0 Å². The summed E-state index contributed by atoms with van der Waals surface area (Å²) in [5.41, 5.74) is 0.828. The maximum Gasteiger partial charge on any atom is 0.313 e. The third kappa shape index (κ3) is 5.02.